The third kappa shape index (κ3) is 3.73. The van der Waals surface area contributed by atoms with E-state index in [0.29, 0.717) is 19.4 Å². The molecule has 0 saturated heterocycles. The molecule has 0 unspecified atom stereocenters. The summed E-state index contributed by atoms with van der Waals surface area (Å²) in [5.74, 6) is -0.404. The minimum atomic E-state index is -0.611. The Morgan fingerprint density at radius 1 is 1.44 bits per heavy atom. The minimum absolute atomic E-state index is 0.310. The van der Waals surface area contributed by atoms with E-state index in [1.807, 2.05) is 30.3 Å². The summed E-state index contributed by atoms with van der Waals surface area (Å²) in [6, 6.07) is 8.87. The van der Waals surface area contributed by atoms with E-state index in [0.717, 1.165) is 5.56 Å². The number of amides is 1. The Kier molecular flexibility index (Phi) is 5.05. The van der Waals surface area contributed by atoms with Crippen LogP contribution in [-0.4, -0.2) is 25.0 Å². The van der Waals surface area contributed by atoms with Crippen LogP contribution in [-0.2, 0) is 20.7 Å². The van der Waals surface area contributed by atoms with Gasteiger partial charge in [0, 0.05) is 6.42 Å². The Bertz CT molecular complexity index is 337. The Balaban J connectivity index is 2.64. The highest BCUT2D eigenvalue weighted by Crippen LogP contribution is 2.04. The summed E-state index contributed by atoms with van der Waals surface area (Å²) in [6.07, 6.45) is 0.961. The molecule has 1 aromatic rings. The Morgan fingerprint density at radius 2 is 2.12 bits per heavy atom. The van der Waals surface area contributed by atoms with Gasteiger partial charge in [0.1, 0.15) is 6.04 Å². The lowest BCUT2D eigenvalue weighted by Gasteiger charge is -2.14. The molecule has 0 radical (unpaired) electrons. The molecule has 4 heteroatoms. The second kappa shape index (κ2) is 6.61. The first-order chi connectivity index (χ1) is 7.77. The Hall–Kier alpha value is -1.84. The number of carbonyl (C=O) groups excluding carboxylic acids is 2. The average molecular weight is 221 g/mol. The monoisotopic (exact) mass is 221 g/mol. The Labute approximate surface area is 94.6 Å². The number of hydrogen-bond donors (Lipinski definition) is 1. The van der Waals surface area contributed by atoms with E-state index >= 15 is 0 Å². The molecule has 0 spiro atoms. The van der Waals surface area contributed by atoms with Crippen molar-refractivity contribution in [3.8, 4) is 0 Å². The molecule has 4 nitrogen and oxygen atoms in total. The molecule has 1 atom stereocenters. The third-order valence-electron chi connectivity index (χ3n) is 2.12. The van der Waals surface area contributed by atoms with E-state index in [4.69, 9.17) is 4.74 Å². The first-order valence-corrected chi connectivity index (χ1v) is 5.18. The van der Waals surface area contributed by atoms with Gasteiger partial charge in [0.05, 0.1) is 6.61 Å². The molecular weight excluding hydrogens is 206 g/mol. The zero-order valence-electron chi connectivity index (χ0n) is 9.18. The highest BCUT2D eigenvalue weighted by atomic mass is 16.5. The maximum atomic E-state index is 11.5. The number of benzene rings is 1. The van der Waals surface area contributed by atoms with Crippen LogP contribution in [0.1, 0.15) is 12.5 Å². The molecule has 0 bridgehead atoms. The third-order valence-corrected chi connectivity index (χ3v) is 2.12. The van der Waals surface area contributed by atoms with Gasteiger partial charge in [0.15, 0.2) is 0 Å². The number of carbonyl (C=O) groups is 2. The summed E-state index contributed by atoms with van der Waals surface area (Å²) < 4.78 is 4.87. The van der Waals surface area contributed by atoms with Gasteiger partial charge < -0.3 is 10.1 Å². The largest absolute Gasteiger partial charge is 0.464 e. The quantitative estimate of drug-likeness (QED) is 0.573. The van der Waals surface area contributed by atoms with Gasteiger partial charge in [-0.25, -0.2) is 4.79 Å². The molecule has 1 N–H and O–H groups in total. The molecule has 0 aromatic heterocycles. The van der Waals surface area contributed by atoms with Crippen molar-refractivity contribution in [2.45, 2.75) is 19.4 Å². The number of esters is 1. The molecule has 1 amide bonds. The summed E-state index contributed by atoms with van der Waals surface area (Å²) in [7, 11) is 0. The number of rotatable bonds is 6. The molecule has 0 heterocycles. The molecule has 0 saturated carbocycles. The fourth-order valence-corrected chi connectivity index (χ4v) is 1.39. The van der Waals surface area contributed by atoms with Crippen molar-refractivity contribution in [1.29, 1.82) is 0 Å². The molecule has 86 valence electrons. The molecule has 1 rings (SSSR count). The van der Waals surface area contributed by atoms with Crippen LogP contribution >= 0.6 is 0 Å². The predicted molar refractivity (Wildman–Crippen MR) is 59.8 cm³/mol. The smallest absolute Gasteiger partial charge is 0.328 e. The van der Waals surface area contributed by atoms with Gasteiger partial charge in [0.25, 0.3) is 0 Å². The van der Waals surface area contributed by atoms with Crippen LogP contribution in [0, 0.1) is 0 Å². The van der Waals surface area contributed by atoms with E-state index in [1.165, 1.54) is 0 Å². The highest BCUT2D eigenvalue weighted by molar-refractivity contribution is 5.78. The summed E-state index contributed by atoms with van der Waals surface area (Å²) in [4.78, 5) is 21.9. The van der Waals surface area contributed by atoms with Crippen LogP contribution in [0.25, 0.3) is 0 Å². The van der Waals surface area contributed by atoms with Crippen molar-refractivity contribution in [1.82, 2.24) is 5.32 Å². The van der Waals surface area contributed by atoms with E-state index in [1.54, 1.807) is 6.92 Å². The van der Waals surface area contributed by atoms with Crippen molar-refractivity contribution >= 4 is 12.4 Å². The van der Waals surface area contributed by atoms with Gasteiger partial charge in [-0.3, -0.25) is 4.79 Å². The van der Waals surface area contributed by atoms with Gasteiger partial charge in [-0.2, -0.15) is 0 Å². The highest BCUT2D eigenvalue weighted by Gasteiger charge is 2.18. The van der Waals surface area contributed by atoms with E-state index in [9.17, 15) is 9.59 Å². The fraction of sp³-hybridized carbons (Fsp3) is 0.333. The lowest BCUT2D eigenvalue weighted by Crippen LogP contribution is -2.39. The second-order valence-electron chi connectivity index (χ2n) is 3.28. The maximum absolute atomic E-state index is 11.5. The maximum Gasteiger partial charge on any atom is 0.328 e. The molecule has 1 aromatic carbocycles. The van der Waals surface area contributed by atoms with Gasteiger partial charge in [-0.05, 0) is 12.5 Å². The van der Waals surface area contributed by atoms with Crippen LogP contribution in [0.15, 0.2) is 30.3 Å². The summed E-state index contributed by atoms with van der Waals surface area (Å²) in [6.45, 7) is 2.04. The van der Waals surface area contributed by atoms with E-state index < -0.39 is 12.0 Å². The normalized spacial score (nSPS) is 11.6. The second-order valence-corrected chi connectivity index (χ2v) is 3.28. The van der Waals surface area contributed by atoms with Gasteiger partial charge in [-0.1, -0.05) is 30.3 Å². The summed E-state index contributed by atoms with van der Waals surface area (Å²) in [5.41, 5.74) is 0.981. The van der Waals surface area contributed by atoms with Crippen LogP contribution in [0.2, 0.25) is 0 Å². The SMILES string of the molecule is CCOC(=O)[C@H](Cc1ccccc1)NC=O. The fourth-order valence-electron chi connectivity index (χ4n) is 1.39. The molecule has 0 aliphatic rings. The molecular formula is C12H15NO3. The topological polar surface area (TPSA) is 55.4 Å². The number of nitrogens with one attached hydrogen (secondary N) is 1. The molecule has 0 aliphatic heterocycles. The summed E-state index contributed by atoms with van der Waals surface area (Å²) in [5, 5.41) is 2.46. The van der Waals surface area contributed by atoms with Crippen molar-refractivity contribution in [2.24, 2.45) is 0 Å². The van der Waals surface area contributed by atoms with Crippen LogP contribution in [0.4, 0.5) is 0 Å². The van der Waals surface area contributed by atoms with Crippen LogP contribution in [0.3, 0.4) is 0 Å². The average Bonchev–Trinajstić information content (AvgIpc) is 2.30. The number of hydrogen-bond acceptors (Lipinski definition) is 3. The lowest BCUT2D eigenvalue weighted by molar-refractivity contribution is -0.146. The van der Waals surface area contributed by atoms with Crippen LogP contribution in [0.5, 0.6) is 0 Å². The van der Waals surface area contributed by atoms with Gasteiger partial charge >= 0.3 is 5.97 Å². The molecule has 16 heavy (non-hydrogen) atoms. The summed E-state index contributed by atoms with van der Waals surface area (Å²) >= 11 is 0. The first kappa shape index (κ1) is 12.2. The minimum Gasteiger partial charge on any atom is -0.464 e. The Morgan fingerprint density at radius 3 is 2.69 bits per heavy atom. The standard InChI is InChI=1S/C12H15NO3/c1-2-16-12(15)11(13-9-14)8-10-6-4-3-5-7-10/h3-7,9,11H,2,8H2,1H3,(H,13,14)/t11-/m0/s1. The molecule has 0 aliphatic carbocycles. The zero-order valence-corrected chi connectivity index (χ0v) is 9.18. The van der Waals surface area contributed by atoms with Crippen molar-refractivity contribution in [3.63, 3.8) is 0 Å². The van der Waals surface area contributed by atoms with Gasteiger partial charge in [0.2, 0.25) is 6.41 Å². The lowest BCUT2D eigenvalue weighted by atomic mass is 10.1. The van der Waals surface area contributed by atoms with Crippen molar-refractivity contribution in [3.05, 3.63) is 35.9 Å². The van der Waals surface area contributed by atoms with Crippen molar-refractivity contribution in [2.75, 3.05) is 6.61 Å². The van der Waals surface area contributed by atoms with Gasteiger partial charge in [-0.15, -0.1) is 0 Å². The zero-order chi connectivity index (χ0) is 11.8. The van der Waals surface area contributed by atoms with Crippen LogP contribution < -0.4 is 5.32 Å². The number of ether oxygens (including phenoxy) is 1. The van der Waals surface area contributed by atoms with Crippen molar-refractivity contribution < 1.29 is 14.3 Å². The predicted octanol–water partition coefficient (Wildman–Crippen LogP) is 0.907. The van der Waals surface area contributed by atoms with E-state index in [2.05, 4.69) is 5.32 Å². The first-order valence-electron chi connectivity index (χ1n) is 5.18. The molecule has 0 fully saturated rings. The van der Waals surface area contributed by atoms with E-state index in [-0.39, 0.29) is 0 Å².